The van der Waals surface area contributed by atoms with Crippen LogP contribution < -0.4 is 4.72 Å². The van der Waals surface area contributed by atoms with Crippen LogP contribution in [0.5, 0.6) is 0 Å². The lowest BCUT2D eigenvalue weighted by Gasteiger charge is -2.19. The number of benzene rings is 1. The topological polar surface area (TPSA) is 71.8 Å². The standard InChI is InChI=1S/C18H22N2O4S/c21-25(22,16-6-2-1-3-7-16)19-9-14-13-24-18-12-20(11-17(14)18)10-15-5-4-8-23-15/h1-8,14,17-19H,9-13H2/t14-,17+,18+/m0/s1. The number of nitrogens with zero attached hydrogens (tertiary/aromatic N) is 1. The third-order valence-corrected chi connectivity index (χ3v) is 6.50. The second kappa shape index (κ2) is 6.92. The van der Waals surface area contributed by atoms with Crippen molar-refractivity contribution in [3.05, 3.63) is 54.5 Å². The minimum absolute atomic E-state index is 0.182. The number of sulfonamides is 1. The molecule has 1 aromatic heterocycles. The molecule has 2 fully saturated rings. The number of furan rings is 1. The average Bonchev–Trinajstić information content (AvgIpc) is 3.32. The zero-order chi connectivity index (χ0) is 17.3. The monoisotopic (exact) mass is 362 g/mol. The summed E-state index contributed by atoms with van der Waals surface area (Å²) in [4.78, 5) is 2.61. The van der Waals surface area contributed by atoms with Crippen LogP contribution in [0.4, 0.5) is 0 Å². The number of rotatable bonds is 6. The zero-order valence-electron chi connectivity index (χ0n) is 13.9. The van der Waals surface area contributed by atoms with Crippen molar-refractivity contribution in [2.45, 2.75) is 17.5 Å². The molecular weight excluding hydrogens is 340 g/mol. The van der Waals surface area contributed by atoms with E-state index in [4.69, 9.17) is 9.15 Å². The van der Waals surface area contributed by atoms with E-state index in [1.165, 1.54) is 0 Å². The Morgan fingerprint density at radius 2 is 1.96 bits per heavy atom. The highest BCUT2D eigenvalue weighted by Crippen LogP contribution is 2.34. The van der Waals surface area contributed by atoms with Crippen LogP contribution in [0.2, 0.25) is 0 Å². The Balaban J connectivity index is 1.35. The van der Waals surface area contributed by atoms with Gasteiger partial charge in [-0.15, -0.1) is 0 Å². The van der Waals surface area contributed by atoms with Crippen molar-refractivity contribution in [1.82, 2.24) is 9.62 Å². The first-order valence-corrected chi connectivity index (χ1v) is 10.0. The lowest BCUT2D eigenvalue weighted by Crippen LogP contribution is -2.34. The largest absolute Gasteiger partial charge is 0.468 e. The summed E-state index contributed by atoms with van der Waals surface area (Å²) in [6.45, 7) is 3.57. The van der Waals surface area contributed by atoms with Gasteiger partial charge in [-0.3, -0.25) is 4.90 Å². The molecule has 0 spiro atoms. The van der Waals surface area contributed by atoms with Crippen molar-refractivity contribution in [1.29, 1.82) is 0 Å². The molecule has 0 saturated carbocycles. The van der Waals surface area contributed by atoms with Gasteiger partial charge in [-0.05, 0) is 24.3 Å². The zero-order valence-corrected chi connectivity index (χ0v) is 14.7. The maximum atomic E-state index is 12.4. The Labute approximate surface area is 147 Å². The van der Waals surface area contributed by atoms with Gasteiger partial charge in [0.05, 0.1) is 30.4 Å². The summed E-state index contributed by atoms with van der Waals surface area (Å²) in [6.07, 6.45) is 1.87. The summed E-state index contributed by atoms with van der Waals surface area (Å²) in [6, 6.07) is 12.3. The number of likely N-dealkylation sites (tertiary alicyclic amines) is 1. The van der Waals surface area contributed by atoms with Crippen LogP contribution in [0.3, 0.4) is 0 Å². The van der Waals surface area contributed by atoms with E-state index in [0.717, 1.165) is 25.4 Å². The summed E-state index contributed by atoms with van der Waals surface area (Å²) in [5.74, 6) is 1.50. The Morgan fingerprint density at radius 1 is 1.12 bits per heavy atom. The Kier molecular flexibility index (Phi) is 4.64. The molecule has 0 radical (unpaired) electrons. The molecule has 0 aliphatic carbocycles. The second-order valence-corrected chi connectivity index (χ2v) is 8.50. The van der Waals surface area contributed by atoms with Gasteiger partial charge < -0.3 is 9.15 Å². The molecule has 7 heteroatoms. The van der Waals surface area contributed by atoms with Crippen molar-refractivity contribution in [2.24, 2.45) is 11.8 Å². The molecule has 0 amide bonds. The minimum atomic E-state index is -3.47. The average molecular weight is 362 g/mol. The van der Waals surface area contributed by atoms with Gasteiger partial charge in [0.25, 0.3) is 0 Å². The lowest BCUT2D eigenvalue weighted by atomic mass is 9.93. The third-order valence-electron chi connectivity index (χ3n) is 5.06. The van der Waals surface area contributed by atoms with Crippen LogP contribution in [0.1, 0.15) is 5.76 Å². The second-order valence-electron chi connectivity index (χ2n) is 6.73. The first kappa shape index (κ1) is 16.8. The molecule has 3 atom stereocenters. The van der Waals surface area contributed by atoms with E-state index < -0.39 is 10.0 Å². The number of nitrogens with one attached hydrogen (secondary N) is 1. The fraction of sp³-hybridized carbons (Fsp3) is 0.444. The molecule has 3 heterocycles. The van der Waals surface area contributed by atoms with E-state index in [9.17, 15) is 8.42 Å². The summed E-state index contributed by atoms with van der Waals surface area (Å²) < 4.78 is 38.8. The van der Waals surface area contributed by atoms with E-state index in [2.05, 4.69) is 9.62 Å². The van der Waals surface area contributed by atoms with Crippen LogP contribution >= 0.6 is 0 Å². The number of fused-ring (bicyclic) bond motifs is 1. The van der Waals surface area contributed by atoms with Gasteiger partial charge in [-0.1, -0.05) is 18.2 Å². The highest BCUT2D eigenvalue weighted by molar-refractivity contribution is 7.89. The highest BCUT2D eigenvalue weighted by atomic mass is 32.2. The van der Waals surface area contributed by atoms with Crippen LogP contribution in [0.15, 0.2) is 58.0 Å². The van der Waals surface area contributed by atoms with Gasteiger partial charge in [-0.25, -0.2) is 13.1 Å². The summed E-state index contributed by atoms with van der Waals surface area (Å²) in [5.41, 5.74) is 0. The van der Waals surface area contributed by atoms with E-state index >= 15 is 0 Å². The lowest BCUT2D eigenvalue weighted by molar-refractivity contribution is 0.0931. The molecule has 134 valence electrons. The van der Waals surface area contributed by atoms with Crippen LogP contribution in [0.25, 0.3) is 0 Å². The van der Waals surface area contributed by atoms with E-state index in [1.54, 1.807) is 36.6 Å². The highest BCUT2D eigenvalue weighted by Gasteiger charge is 2.44. The normalized spacial score (nSPS) is 26.8. The molecule has 1 aromatic carbocycles. The summed E-state index contributed by atoms with van der Waals surface area (Å²) in [7, 11) is -3.47. The maximum absolute atomic E-state index is 12.4. The molecule has 25 heavy (non-hydrogen) atoms. The summed E-state index contributed by atoms with van der Waals surface area (Å²) >= 11 is 0. The van der Waals surface area contributed by atoms with Crippen molar-refractivity contribution in [2.75, 3.05) is 26.2 Å². The summed E-state index contributed by atoms with van der Waals surface area (Å²) in [5, 5.41) is 0. The molecule has 6 nitrogen and oxygen atoms in total. The maximum Gasteiger partial charge on any atom is 0.240 e. The van der Waals surface area contributed by atoms with Gasteiger partial charge in [-0.2, -0.15) is 0 Å². The van der Waals surface area contributed by atoms with Gasteiger partial charge in [0.15, 0.2) is 0 Å². The Morgan fingerprint density at radius 3 is 2.72 bits per heavy atom. The number of hydrogen-bond donors (Lipinski definition) is 1. The van der Waals surface area contributed by atoms with Crippen molar-refractivity contribution in [3.63, 3.8) is 0 Å². The number of ether oxygens (including phenoxy) is 1. The molecular formula is C18H22N2O4S. The smallest absolute Gasteiger partial charge is 0.240 e. The van der Waals surface area contributed by atoms with E-state index in [0.29, 0.717) is 24.0 Å². The fourth-order valence-electron chi connectivity index (χ4n) is 3.74. The Bertz CT molecular complexity index is 792. The predicted octanol–water partition coefficient (Wildman–Crippen LogP) is 1.70. The van der Waals surface area contributed by atoms with Crippen molar-refractivity contribution >= 4 is 10.0 Å². The number of hydrogen-bond acceptors (Lipinski definition) is 5. The van der Waals surface area contributed by atoms with Gasteiger partial charge >= 0.3 is 0 Å². The van der Waals surface area contributed by atoms with E-state index in [1.807, 2.05) is 12.1 Å². The SMILES string of the molecule is O=S(=O)(NC[C@H]1CO[C@@H]2CN(Cc3ccco3)C[C@H]12)c1ccccc1. The molecule has 2 aliphatic rings. The van der Waals surface area contributed by atoms with Crippen molar-refractivity contribution < 1.29 is 17.6 Å². The molecule has 2 saturated heterocycles. The Hall–Kier alpha value is -1.67. The molecule has 4 rings (SSSR count). The fourth-order valence-corrected chi connectivity index (χ4v) is 4.86. The predicted molar refractivity (Wildman–Crippen MR) is 92.3 cm³/mol. The first-order valence-electron chi connectivity index (χ1n) is 8.53. The quantitative estimate of drug-likeness (QED) is 0.847. The molecule has 2 aliphatic heterocycles. The molecule has 0 bridgehead atoms. The van der Waals surface area contributed by atoms with Gasteiger partial charge in [0.2, 0.25) is 10.0 Å². The van der Waals surface area contributed by atoms with E-state index in [-0.39, 0.29) is 12.0 Å². The molecule has 0 unspecified atom stereocenters. The first-order chi connectivity index (χ1) is 12.1. The minimum Gasteiger partial charge on any atom is -0.468 e. The molecule has 1 N–H and O–H groups in total. The van der Waals surface area contributed by atoms with Crippen LogP contribution in [-0.2, 0) is 21.3 Å². The van der Waals surface area contributed by atoms with Gasteiger partial charge in [0, 0.05) is 31.5 Å². The third kappa shape index (κ3) is 3.64. The van der Waals surface area contributed by atoms with Crippen LogP contribution in [-0.4, -0.2) is 45.7 Å². The van der Waals surface area contributed by atoms with Crippen molar-refractivity contribution in [3.8, 4) is 0 Å². The molecule has 2 aromatic rings. The van der Waals surface area contributed by atoms with Crippen LogP contribution in [0, 0.1) is 11.8 Å². The van der Waals surface area contributed by atoms with Gasteiger partial charge in [0.1, 0.15) is 5.76 Å².